The first kappa shape index (κ1) is 22.7. The van der Waals surface area contributed by atoms with E-state index in [1.54, 1.807) is 7.11 Å². The molecule has 0 spiro atoms. The molecule has 1 aliphatic rings. The Kier molecular flexibility index (Phi) is 8.33. The highest BCUT2D eigenvalue weighted by Gasteiger charge is 2.23. The molecule has 3 rings (SSSR count). The monoisotopic (exact) mass is 423 g/mol. The topological polar surface area (TPSA) is 70.7 Å². The lowest BCUT2D eigenvalue weighted by atomic mass is 9.97. The molecular weight excluding hydrogens is 390 g/mol. The average molecular weight is 424 g/mol. The van der Waals surface area contributed by atoms with Gasteiger partial charge in [-0.15, -0.1) is 0 Å². The molecule has 166 valence electrons. The lowest BCUT2D eigenvalue weighted by Crippen LogP contribution is -2.44. The molecule has 31 heavy (non-hydrogen) atoms. The van der Waals surface area contributed by atoms with Crippen molar-refractivity contribution in [2.75, 3.05) is 32.1 Å². The van der Waals surface area contributed by atoms with Gasteiger partial charge < -0.3 is 20.3 Å². The van der Waals surface area contributed by atoms with Gasteiger partial charge in [0.15, 0.2) is 0 Å². The maximum Gasteiger partial charge on any atom is 0.319 e. The molecule has 1 unspecified atom stereocenters. The summed E-state index contributed by atoms with van der Waals surface area (Å²) < 4.78 is 5.18. The van der Waals surface area contributed by atoms with Crippen molar-refractivity contribution < 1.29 is 14.3 Å². The van der Waals surface area contributed by atoms with Crippen molar-refractivity contribution in [1.82, 2.24) is 10.2 Å². The van der Waals surface area contributed by atoms with Crippen LogP contribution in [-0.4, -0.2) is 43.6 Å². The normalized spacial score (nSPS) is 15.9. The summed E-state index contributed by atoms with van der Waals surface area (Å²) in [4.78, 5) is 26.8. The summed E-state index contributed by atoms with van der Waals surface area (Å²) in [6.07, 6.45) is 4.29. The van der Waals surface area contributed by atoms with E-state index in [2.05, 4.69) is 10.6 Å². The molecule has 1 heterocycles. The predicted molar refractivity (Wildman–Crippen MR) is 123 cm³/mol. The van der Waals surface area contributed by atoms with Crippen LogP contribution >= 0.6 is 0 Å². The third-order valence-corrected chi connectivity index (χ3v) is 5.75. The van der Waals surface area contributed by atoms with E-state index in [0.717, 1.165) is 49.2 Å². The van der Waals surface area contributed by atoms with Crippen molar-refractivity contribution in [2.45, 2.75) is 39.0 Å². The molecule has 1 aliphatic heterocycles. The highest BCUT2D eigenvalue weighted by atomic mass is 16.5. The zero-order valence-electron chi connectivity index (χ0n) is 18.5. The number of amides is 3. The number of nitrogens with one attached hydrogen (secondary N) is 2. The van der Waals surface area contributed by atoms with Crippen molar-refractivity contribution in [1.29, 1.82) is 0 Å². The Hall–Kier alpha value is -3.02. The molecule has 2 aromatic carbocycles. The summed E-state index contributed by atoms with van der Waals surface area (Å²) in [5, 5.41) is 5.81. The molecule has 0 radical (unpaired) electrons. The van der Waals surface area contributed by atoms with Crippen LogP contribution in [0.2, 0.25) is 0 Å². The number of methoxy groups -OCH3 is 1. The number of anilines is 1. The van der Waals surface area contributed by atoms with Crippen LogP contribution in [0.1, 0.15) is 36.8 Å². The van der Waals surface area contributed by atoms with Crippen molar-refractivity contribution in [3.05, 3.63) is 59.7 Å². The Bertz CT molecular complexity index is 849. The maximum absolute atomic E-state index is 12.6. The number of ether oxygens (including phenoxy) is 1. The van der Waals surface area contributed by atoms with E-state index >= 15 is 0 Å². The van der Waals surface area contributed by atoms with Crippen molar-refractivity contribution in [3.63, 3.8) is 0 Å². The fourth-order valence-corrected chi connectivity index (χ4v) is 3.90. The lowest BCUT2D eigenvalue weighted by molar-refractivity contribution is -0.133. The van der Waals surface area contributed by atoms with Gasteiger partial charge in [-0.3, -0.25) is 4.79 Å². The molecule has 1 atom stereocenters. The standard InChI is InChI=1S/C25H33N3O3/c1-19-8-12-22(13-9-19)27-25(30)26-17-21-6-4-16-28(18-21)24(29)7-3-5-20-10-14-23(31-2)15-11-20/h8-15,21H,3-7,16-18H2,1-2H3,(H2,26,27,30). The largest absolute Gasteiger partial charge is 0.497 e. The van der Waals surface area contributed by atoms with Crippen LogP contribution in [-0.2, 0) is 11.2 Å². The van der Waals surface area contributed by atoms with Crippen molar-refractivity contribution in [2.24, 2.45) is 5.92 Å². The number of likely N-dealkylation sites (tertiary alicyclic amines) is 1. The summed E-state index contributed by atoms with van der Waals surface area (Å²) in [5.41, 5.74) is 3.15. The summed E-state index contributed by atoms with van der Waals surface area (Å²) in [6, 6.07) is 15.5. The molecule has 3 amide bonds. The van der Waals surface area contributed by atoms with E-state index in [1.807, 2.05) is 60.4 Å². The second kappa shape index (κ2) is 11.4. The number of benzene rings is 2. The average Bonchev–Trinajstić information content (AvgIpc) is 2.80. The minimum absolute atomic E-state index is 0.202. The molecule has 0 aromatic heterocycles. The zero-order valence-corrected chi connectivity index (χ0v) is 18.5. The number of urea groups is 1. The number of aryl methyl sites for hydroxylation is 2. The fourth-order valence-electron chi connectivity index (χ4n) is 3.90. The van der Waals surface area contributed by atoms with E-state index < -0.39 is 0 Å². The number of rotatable bonds is 8. The first-order valence-electron chi connectivity index (χ1n) is 11.1. The van der Waals surface area contributed by atoms with Gasteiger partial charge in [0.25, 0.3) is 0 Å². The lowest BCUT2D eigenvalue weighted by Gasteiger charge is -2.33. The number of carbonyl (C=O) groups excluding carboxylic acids is 2. The third-order valence-electron chi connectivity index (χ3n) is 5.75. The predicted octanol–water partition coefficient (Wildman–Crippen LogP) is 4.39. The number of hydrogen-bond donors (Lipinski definition) is 2. The fraction of sp³-hybridized carbons (Fsp3) is 0.440. The van der Waals surface area contributed by atoms with Crippen LogP contribution in [0.3, 0.4) is 0 Å². The van der Waals surface area contributed by atoms with Crippen LogP contribution in [0.4, 0.5) is 10.5 Å². The van der Waals surface area contributed by atoms with E-state index in [9.17, 15) is 9.59 Å². The second-order valence-electron chi connectivity index (χ2n) is 8.25. The molecule has 6 heteroatoms. The SMILES string of the molecule is COc1ccc(CCCC(=O)N2CCCC(CNC(=O)Nc3ccc(C)cc3)C2)cc1. The highest BCUT2D eigenvalue weighted by Crippen LogP contribution is 2.18. The van der Waals surface area contributed by atoms with Gasteiger partial charge in [0.2, 0.25) is 5.91 Å². The maximum atomic E-state index is 12.6. The number of nitrogens with zero attached hydrogens (tertiary/aromatic N) is 1. The molecule has 2 aromatic rings. The molecule has 0 bridgehead atoms. The molecule has 1 fully saturated rings. The van der Waals surface area contributed by atoms with Gasteiger partial charge in [-0.05, 0) is 68.4 Å². The Labute approximate surface area is 185 Å². The number of carbonyl (C=O) groups is 2. The van der Waals surface area contributed by atoms with E-state index in [4.69, 9.17) is 4.74 Å². The third kappa shape index (κ3) is 7.31. The van der Waals surface area contributed by atoms with Gasteiger partial charge in [-0.25, -0.2) is 4.79 Å². The number of hydrogen-bond acceptors (Lipinski definition) is 3. The summed E-state index contributed by atoms with van der Waals surface area (Å²) in [5.74, 6) is 1.35. The first-order chi connectivity index (χ1) is 15.0. The Morgan fingerprint density at radius 3 is 2.55 bits per heavy atom. The van der Waals surface area contributed by atoms with Gasteiger partial charge >= 0.3 is 6.03 Å². The quantitative estimate of drug-likeness (QED) is 0.662. The molecular formula is C25H33N3O3. The van der Waals surface area contributed by atoms with Gasteiger partial charge in [0.05, 0.1) is 7.11 Å². The Balaban J connectivity index is 1.37. The minimum atomic E-state index is -0.202. The van der Waals surface area contributed by atoms with Crippen LogP contribution in [0.5, 0.6) is 5.75 Å². The van der Waals surface area contributed by atoms with Gasteiger partial charge in [0, 0.05) is 31.7 Å². The number of piperidine rings is 1. The van der Waals surface area contributed by atoms with Crippen LogP contribution in [0.15, 0.2) is 48.5 Å². The van der Waals surface area contributed by atoms with Crippen molar-refractivity contribution >= 4 is 17.6 Å². The first-order valence-corrected chi connectivity index (χ1v) is 11.1. The smallest absolute Gasteiger partial charge is 0.319 e. The summed E-state index contributed by atoms with van der Waals surface area (Å²) in [6.45, 7) is 4.12. The molecule has 0 saturated carbocycles. The molecule has 0 aliphatic carbocycles. The zero-order chi connectivity index (χ0) is 22.1. The van der Waals surface area contributed by atoms with Crippen molar-refractivity contribution in [3.8, 4) is 5.75 Å². The van der Waals surface area contributed by atoms with Gasteiger partial charge in [0.1, 0.15) is 5.75 Å². The Morgan fingerprint density at radius 1 is 1.10 bits per heavy atom. The molecule has 6 nitrogen and oxygen atoms in total. The van der Waals surface area contributed by atoms with Crippen LogP contribution < -0.4 is 15.4 Å². The van der Waals surface area contributed by atoms with E-state index in [0.29, 0.717) is 25.4 Å². The Morgan fingerprint density at radius 2 is 1.84 bits per heavy atom. The second-order valence-corrected chi connectivity index (χ2v) is 8.25. The van der Waals surface area contributed by atoms with Gasteiger partial charge in [-0.2, -0.15) is 0 Å². The van der Waals surface area contributed by atoms with Gasteiger partial charge in [-0.1, -0.05) is 29.8 Å². The van der Waals surface area contributed by atoms with Crippen LogP contribution in [0.25, 0.3) is 0 Å². The highest BCUT2D eigenvalue weighted by molar-refractivity contribution is 5.89. The van der Waals surface area contributed by atoms with E-state index in [-0.39, 0.29) is 11.9 Å². The molecule has 2 N–H and O–H groups in total. The summed E-state index contributed by atoms with van der Waals surface area (Å²) in [7, 11) is 1.66. The molecule has 1 saturated heterocycles. The van der Waals surface area contributed by atoms with Crippen LogP contribution in [0, 0.1) is 12.8 Å². The minimum Gasteiger partial charge on any atom is -0.497 e. The summed E-state index contributed by atoms with van der Waals surface area (Å²) >= 11 is 0. The van der Waals surface area contributed by atoms with E-state index in [1.165, 1.54) is 5.56 Å².